The molecule has 1 saturated carbocycles. The molecule has 1 aliphatic carbocycles. The average molecular weight is 364 g/mol. The molecule has 0 unspecified atom stereocenters. The number of carbonyl (C=O) groups excluding carboxylic acids is 2. The van der Waals surface area contributed by atoms with E-state index in [2.05, 4.69) is 24.5 Å². The topological polar surface area (TPSA) is 58.2 Å². The summed E-state index contributed by atoms with van der Waals surface area (Å²) in [5.74, 6) is 0.370. The average Bonchev–Trinajstić information content (AvgIpc) is 2.61. The molecule has 0 atom stereocenters. The second-order valence-electron chi connectivity index (χ2n) is 7.89. The van der Waals surface area contributed by atoms with Crippen LogP contribution in [0.15, 0.2) is 48.5 Å². The lowest BCUT2D eigenvalue weighted by Gasteiger charge is -2.40. The minimum atomic E-state index is -0.430. The summed E-state index contributed by atoms with van der Waals surface area (Å²) in [6.07, 6.45) is 2.81. The van der Waals surface area contributed by atoms with Crippen LogP contribution < -0.4 is 10.6 Å². The molecular formula is C23H28N2O2. The Hall–Kier alpha value is -2.62. The monoisotopic (exact) mass is 364 g/mol. The molecule has 0 aromatic heterocycles. The lowest BCUT2D eigenvalue weighted by molar-refractivity contribution is -0.124. The highest BCUT2D eigenvalue weighted by Gasteiger charge is 2.45. The SMILES string of the molecule is Cc1cc(C(=O)NCC(C)C)ccc1NC(=O)C1(c2ccccc2)CCC1. The van der Waals surface area contributed by atoms with E-state index >= 15 is 0 Å². The number of anilines is 1. The van der Waals surface area contributed by atoms with Gasteiger partial charge >= 0.3 is 0 Å². The Labute approximate surface area is 161 Å². The summed E-state index contributed by atoms with van der Waals surface area (Å²) in [7, 11) is 0. The predicted octanol–water partition coefficient (Wildman–Crippen LogP) is 4.44. The maximum Gasteiger partial charge on any atom is 0.251 e. The molecule has 1 fully saturated rings. The van der Waals surface area contributed by atoms with Crippen LogP contribution in [0.4, 0.5) is 5.69 Å². The molecule has 0 bridgehead atoms. The molecule has 4 nitrogen and oxygen atoms in total. The minimum absolute atomic E-state index is 0.0417. The van der Waals surface area contributed by atoms with Crippen molar-refractivity contribution in [2.45, 2.75) is 45.4 Å². The molecular weight excluding hydrogens is 336 g/mol. The standard InChI is InChI=1S/C23H28N2O2/c1-16(2)15-24-21(26)18-10-11-20(17(3)14-18)25-22(27)23(12-7-13-23)19-8-5-4-6-9-19/h4-6,8-11,14,16H,7,12-13,15H2,1-3H3,(H,24,26)(H,25,27). The van der Waals surface area contributed by atoms with Crippen LogP contribution in [-0.4, -0.2) is 18.4 Å². The third-order valence-electron chi connectivity index (χ3n) is 5.38. The van der Waals surface area contributed by atoms with Gasteiger partial charge < -0.3 is 10.6 Å². The quantitative estimate of drug-likeness (QED) is 0.796. The van der Waals surface area contributed by atoms with E-state index in [1.807, 2.05) is 49.4 Å². The Morgan fingerprint density at radius 2 is 1.78 bits per heavy atom. The number of carbonyl (C=O) groups is 2. The van der Waals surface area contributed by atoms with Gasteiger partial charge in [0.15, 0.2) is 0 Å². The van der Waals surface area contributed by atoms with Crippen molar-refractivity contribution >= 4 is 17.5 Å². The predicted molar refractivity (Wildman–Crippen MR) is 109 cm³/mol. The van der Waals surface area contributed by atoms with Crippen molar-refractivity contribution in [3.8, 4) is 0 Å². The highest BCUT2D eigenvalue weighted by Crippen LogP contribution is 2.44. The molecule has 2 amide bonds. The van der Waals surface area contributed by atoms with Gasteiger partial charge in [0.25, 0.3) is 5.91 Å². The van der Waals surface area contributed by atoms with Crippen molar-refractivity contribution in [2.24, 2.45) is 5.92 Å². The van der Waals surface area contributed by atoms with Crippen LogP contribution in [0.2, 0.25) is 0 Å². The Bertz CT molecular complexity index is 824. The molecule has 0 heterocycles. The Morgan fingerprint density at radius 1 is 1.07 bits per heavy atom. The summed E-state index contributed by atoms with van der Waals surface area (Å²) < 4.78 is 0. The number of rotatable bonds is 6. The Kier molecular flexibility index (Phi) is 5.64. The van der Waals surface area contributed by atoms with Crippen LogP contribution in [0.1, 0.15) is 54.6 Å². The van der Waals surface area contributed by atoms with E-state index in [4.69, 9.17) is 0 Å². The van der Waals surface area contributed by atoms with Crippen molar-refractivity contribution in [1.82, 2.24) is 5.32 Å². The number of hydrogen-bond donors (Lipinski definition) is 2. The maximum atomic E-state index is 13.1. The number of benzene rings is 2. The van der Waals surface area contributed by atoms with Crippen LogP contribution in [0.3, 0.4) is 0 Å². The van der Waals surface area contributed by atoms with Crippen molar-refractivity contribution in [2.75, 3.05) is 11.9 Å². The van der Waals surface area contributed by atoms with Crippen molar-refractivity contribution in [3.05, 3.63) is 65.2 Å². The smallest absolute Gasteiger partial charge is 0.251 e. The summed E-state index contributed by atoms with van der Waals surface area (Å²) in [6.45, 7) is 6.70. The second kappa shape index (κ2) is 7.95. The van der Waals surface area contributed by atoms with Gasteiger partial charge in [-0.1, -0.05) is 50.6 Å². The first-order valence-electron chi connectivity index (χ1n) is 9.68. The van der Waals surface area contributed by atoms with Crippen LogP contribution >= 0.6 is 0 Å². The van der Waals surface area contributed by atoms with Crippen LogP contribution in [0.25, 0.3) is 0 Å². The zero-order valence-electron chi connectivity index (χ0n) is 16.3. The maximum absolute atomic E-state index is 13.1. The fourth-order valence-corrected chi connectivity index (χ4v) is 3.52. The van der Waals surface area contributed by atoms with E-state index in [1.165, 1.54) is 0 Å². The van der Waals surface area contributed by atoms with Gasteiger partial charge in [-0.3, -0.25) is 9.59 Å². The van der Waals surface area contributed by atoms with E-state index in [9.17, 15) is 9.59 Å². The Morgan fingerprint density at radius 3 is 2.33 bits per heavy atom. The minimum Gasteiger partial charge on any atom is -0.352 e. The number of hydrogen-bond acceptors (Lipinski definition) is 2. The molecule has 0 radical (unpaired) electrons. The molecule has 0 saturated heterocycles. The van der Waals surface area contributed by atoms with Gasteiger partial charge in [0.05, 0.1) is 5.41 Å². The van der Waals surface area contributed by atoms with Gasteiger partial charge in [0.1, 0.15) is 0 Å². The van der Waals surface area contributed by atoms with E-state index < -0.39 is 5.41 Å². The first kappa shape index (κ1) is 19.2. The lowest BCUT2D eigenvalue weighted by Crippen LogP contribution is -2.46. The molecule has 1 aliphatic rings. The highest BCUT2D eigenvalue weighted by atomic mass is 16.2. The fourth-order valence-electron chi connectivity index (χ4n) is 3.52. The first-order chi connectivity index (χ1) is 12.9. The van der Waals surface area contributed by atoms with Crippen LogP contribution in [0.5, 0.6) is 0 Å². The van der Waals surface area contributed by atoms with E-state index in [0.717, 1.165) is 36.1 Å². The van der Waals surface area contributed by atoms with Gasteiger partial charge in [0.2, 0.25) is 5.91 Å². The zero-order valence-corrected chi connectivity index (χ0v) is 16.3. The first-order valence-corrected chi connectivity index (χ1v) is 9.68. The number of amides is 2. The van der Waals surface area contributed by atoms with Crippen LogP contribution in [0, 0.1) is 12.8 Å². The van der Waals surface area contributed by atoms with Gasteiger partial charge in [-0.25, -0.2) is 0 Å². The van der Waals surface area contributed by atoms with Crippen molar-refractivity contribution in [3.63, 3.8) is 0 Å². The third-order valence-corrected chi connectivity index (χ3v) is 5.38. The largest absolute Gasteiger partial charge is 0.352 e. The second-order valence-corrected chi connectivity index (χ2v) is 7.89. The molecule has 27 heavy (non-hydrogen) atoms. The van der Waals surface area contributed by atoms with Crippen molar-refractivity contribution in [1.29, 1.82) is 0 Å². The highest BCUT2D eigenvalue weighted by molar-refractivity contribution is 6.01. The summed E-state index contributed by atoms with van der Waals surface area (Å²) >= 11 is 0. The molecule has 2 N–H and O–H groups in total. The number of nitrogens with one attached hydrogen (secondary N) is 2. The van der Waals surface area contributed by atoms with Gasteiger partial charge in [-0.15, -0.1) is 0 Å². The molecule has 2 aromatic carbocycles. The number of aryl methyl sites for hydroxylation is 1. The molecule has 142 valence electrons. The summed E-state index contributed by atoms with van der Waals surface area (Å²) in [4.78, 5) is 25.3. The molecule has 4 heteroatoms. The summed E-state index contributed by atoms with van der Waals surface area (Å²) in [5, 5.41) is 6.02. The van der Waals surface area contributed by atoms with Crippen molar-refractivity contribution < 1.29 is 9.59 Å². The molecule has 0 spiro atoms. The summed E-state index contributed by atoms with van der Waals surface area (Å²) in [6, 6.07) is 15.4. The Balaban J connectivity index is 1.74. The van der Waals surface area contributed by atoms with E-state index in [1.54, 1.807) is 6.07 Å². The molecule has 0 aliphatic heterocycles. The zero-order chi connectivity index (χ0) is 19.4. The van der Waals surface area contributed by atoms with Gasteiger partial charge in [-0.05, 0) is 55.0 Å². The normalized spacial score (nSPS) is 15.1. The lowest BCUT2D eigenvalue weighted by atomic mass is 9.64. The van der Waals surface area contributed by atoms with Crippen LogP contribution in [-0.2, 0) is 10.2 Å². The molecule has 2 aromatic rings. The van der Waals surface area contributed by atoms with E-state index in [-0.39, 0.29) is 11.8 Å². The van der Waals surface area contributed by atoms with E-state index in [0.29, 0.717) is 18.0 Å². The van der Waals surface area contributed by atoms with Gasteiger partial charge in [-0.2, -0.15) is 0 Å². The summed E-state index contributed by atoms with van der Waals surface area (Å²) in [5.41, 5.74) is 2.93. The van der Waals surface area contributed by atoms with Gasteiger partial charge in [0, 0.05) is 17.8 Å². The fraction of sp³-hybridized carbons (Fsp3) is 0.391. The molecule has 3 rings (SSSR count). The third kappa shape index (κ3) is 4.05.